The van der Waals surface area contributed by atoms with E-state index in [1.807, 2.05) is 0 Å². The lowest BCUT2D eigenvalue weighted by atomic mass is 10.0. The molecule has 12 heteroatoms. The molecule has 166 valence electrons. The van der Waals surface area contributed by atoms with Crippen LogP contribution in [0.1, 0.15) is 26.8 Å². The lowest BCUT2D eigenvalue weighted by Crippen LogP contribution is -2.37. The van der Waals surface area contributed by atoms with Gasteiger partial charge in [0.25, 0.3) is 0 Å². The number of halogens is 3. The van der Waals surface area contributed by atoms with Gasteiger partial charge < -0.3 is 0 Å². The summed E-state index contributed by atoms with van der Waals surface area (Å²) in [7, 11) is -4.13. The average Bonchev–Trinajstić information content (AvgIpc) is 3.40. The minimum absolute atomic E-state index is 0.257. The van der Waals surface area contributed by atoms with Gasteiger partial charge in [-0.15, -0.1) is 11.3 Å². The molecule has 0 spiro atoms. The number of aromatic nitrogens is 3. The summed E-state index contributed by atoms with van der Waals surface area (Å²) in [5.74, 6) is -0.261. The molecule has 0 fully saturated rings. The van der Waals surface area contributed by atoms with Crippen LogP contribution < -0.4 is 4.72 Å². The maximum absolute atomic E-state index is 13.6. The van der Waals surface area contributed by atoms with Crippen molar-refractivity contribution >= 4 is 32.8 Å². The number of hydrogen-bond acceptors (Lipinski definition) is 6. The standard InChI is InChI=1S/C20H15F3N4O3S2/c1-32(29,30)26-18(20(21,22)23)13-5-2-4-12(10-13)15-7-8-24-19-14(11-25-27(15)19)17(28)16-6-3-9-31-16/h2-11,18,26H,1H3. The Kier molecular flexibility index (Phi) is 5.61. The molecule has 3 heterocycles. The van der Waals surface area contributed by atoms with E-state index in [0.717, 1.165) is 0 Å². The number of carbonyl (C=O) groups is 1. The Balaban J connectivity index is 1.80. The SMILES string of the molecule is CS(=O)(=O)NC(c1cccc(-c2ccnc3c(C(=O)c4cccs4)cnn23)c1)C(F)(F)F. The Morgan fingerprint density at radius 2 is 1.97 bits per heavy atom. The number of carbonyl (C=O) groups excluding carboxylic acids is 1. The van der Waals surface area contributed by atoms with Gasteiger partial charge in [-0.05, 0) is 29.1 Å². The number of fused-ring (bicyclic) bond motifs is 1. The molecular formula is C20H15F3N4O3S2. The largest absolute Gasteiger partial charge is 0.408 e. The molecule has 4 aromatic rings. The Morgan fingerprint density at radius 1 is 1.19 bits per heavy atom. The van der Waals surface area contributed by atoms with Crippen molar-refractivity contribution in [2.24, 2.45) is 0 Å². The Hall–Kier alpha value is -3.09. The Bertz CT molecular complexity index is 1400. The molecule has 1 atom stereocenters. The zero-order valence-electron chi connectivity index (χ0n) is 16.4. The van der Waals surface area contributed by atoms with Crippen LogP contribution in [-0.4, -0.2) is 41.2 Å². The first-order valence-corrected chi connectivity index (χ1v) is 11.9. The zero-order chi connectivity index (χ0) is 23.1. The van der Waals surface area contributed by atoms with Crippen LogP contribution in [0.3, 0.4) is 0 Å². The normalized spacial score (nSPS) is 13.4. The van der Waals surface area contributed by atoms with Crippen LogP contribution in [0.25, 0.3) is 16.9 Å². The van der Waals surface area contributed by atoms with Crippen LogP contribution in [-0.2, 0) is 10.0 Å². The third-order valence-corrected chi connectivity index (χ3v) is 6.10. The third-order valence-electron chi connectivity index (χ3n) is 4.57. The number of nitrogens with one attached hydrogen (secondary N) is 1. The molecule has 3 aromatic heterocycles. The predicted octanol–water partition coefficient (Wildman–Crippen LogP) is 3.84. The Morgan fingerprint density at radius 3 is 2.62 bits per heavy atom. The van der Waals surface area contributed by atoms with E-state index >= 15 is 0 Å². The monoisotopic (exact) mass is 480 g/mol. The van der Waals surface area contributed by atoms with E-state index in [0.29, 0.717) is 22.4 Å². The van der Waals surface area contributed by atoms with E-state index in [1.165, 1.54) is 46.4 Å². The van der Waals surface area contributed by atoms with Crippen molar-refractivity contribution in [1.82, 2.24) is 19.3 Å². The van der Waals surface area contributed by atoms with Gasteiger partial charge in [-0.1, -0.05) is 24.3 Å². The molecule has 0 saturated heterocycles. The number of sulfonamides is 1. The van der Waals surface area contributed by atoms with Crippen molar-refractivity contribution in [2.45, 2.75) is 12.2 Å². The van der Waals surface area contributed by atoms with Crippen molar-refractivity contribution < 1.29 is 26.4 Å². The molecule has 0 aliphatic heterocycles. The van der Waals surface area contributed by atoms with Crippen molar-refractivity contribution in [1.29, 1.82) is 0 Å². The molecule has 4 rings (SSSR count). The summed E-state index contributed by atoms with van der Waals surface area (Å²) in [6, 6.07) is 7.93. The summed E-state index contributed by atoms with van der Waals surface area (Å²) in [4.78, 5) is 17.5. The highest BCUT2D eigenvalue weighted by Crippen LogP contribution is 2.35. The fourth-order valence-electron chi connectivity index (χ4n) is 3.23. The third kappa shape index (κ3) is 4.42. The summed E-state index contributed by atoms with van der Waals surface area (Å²) in [5.41, 5.74) is 0.970. The number of alkyl halides is 3. The highest BCUT2D eigenvalue weighted by Gasteiger charge is 2.42. The molecule has 0 amide bonds. The van der Waals surface area contributed by atoms with E-state index in [4.69, 9.17) is 0 Å². The molecule has 0 saturated carbocycles. The molecule has 0 aliphatic rings. The quantitative estimate of drug-likeness (QED) is 0.423. The average molecular weight is 480 g/mol. The smallest absolute Gasteiger partial charge is 0.287 e. The number of hydrogen-bond donors (Lipinski definition) is 1. The van der Waals surface area contributed by atoms with Crippen LogP contribution in [0.2, 0.25) is 0 Å². The van der Waals surface area contributed by atoms with Crippen molar-refractivity contribution in [2.75, 3.05) is 6.26 Å². The molecule has 1 N–H and O–H groups in total. The van der Waals surface area contributed by atoms with Gasteiger partial charge in [0.2, 0.25) is 15.8 Å². The Labute approximate surface area is 184 Å². The highest BCUT2D eigenvalue weighted by molar-refractivity contribution is 7.88. The summed E-state index contributed by atoms with van der Waals surface area (Å²) < 4.78 is 66.7. The molecule has 1 unspecified atom stereocenters. The lowest BCUT2D eigenvalue weighted by Gasteiger charge is -2.21. The van der Waals surface area contributed by atoms with Gasteiger partial charge >= 0.3 is 6.18 Å². The van der Waals surface area contributed by atoms with Crippen LogP contribution in [0.15, 0.2) is 60.2 Å². The van der Waals surface area contributed by atoms with Crippen molar-refractivity contribution in [3.63, 3.8) is 0 Å². The van der Waals surface area contributed by atoms with Crippen LogP contribution in [0.4, 0.5) is 13.2 Å². The number of benzene rings is 1. The zero-order valence-corrected chi connectivity index (χ0v) is 18.0. The van der Waals surface area contributed by atoms with E-state index in [1.54, 1.807) is 34.4 Å². The fourth-order valence-corrected chi connectivity index (χ4v) is 4.60. The molecule has 0 radical (unpaired) electrons. The van der Waals surface area contributed by atoms with Crippen molar-refractivity contribution in [3.05, 3.63) is 76.2 Å². The first-order chi connectivity index (χ1) is 15.0. The molecule has 1 aromatic carbocycles. The second-order valence-corrected chi connectivity index (χ2v) is 9.65. The maximum atomic E-state index is 13.6. The van der Waals surface area contributed by atoms with Gasteiger partial charge in [0, 0.05) is 11.8 Å². The molecule has 0 aliphatic carbocycles. The van der Waals surface area contributed by atoms with E-state index in [9.17, 15) is 26.4 Å². The van der Waals surface area contributed by atoms with Crippen LogP contribution in [0.5, 0.6) is 0 Å². The van der Waals surface area contributed by atoms with E-state index in [2.05, 4.69) is 10.1 Å². The summed E-state index contributed by atoms with van der Waals surface area (Å²) >= 11 is 1.27. The molecule has 7 nitrogen and oxygen atoms in total. The van der Waals surface area contributed by atoms with Crippen molar-refractivity contribution in [3.8, 4) is 11.3 Å². The van der Waals surface area contributed by atoms with Crippen LogP contribution >= 0.6 is 11.3 Å². The minimum Gasteiger partial charge on any atom is -0.287 e. The molecule has 0 bridgehead atoms. The van der Waals surface area contributed by atoms with Gasteiger partial charge in [-0.2, -0.15) is 23.0 Å². The molecular weight excluding hydrogens is 465 g/mol. The van der Waals surface area contributed by atoms with Crippen LogP contribution in [0, 0.1) is 0 Å². The van der Waals surface area contributed by atoms with E-state index < -0.39 is 22.2 Å². The highest BCUT2D eigenvalue weighted by atomic mass is 32.2. The maximum Gasteiger partial charge on any atom is 0.408 e. The molecule has 32 heavy (non-hydrogen) atoms. The first kappa shape index (κ1) is 22.1. The van der Waals surface area contributed by atoms with Gasteiger partial charge in [-0.3, -0.25) is 4.79 Å². The number of thiophene rings is 1. The van der Waals surface area contributed by atoms with E-state index in [-0.39, 0.29) is 22.6 Å². The second-order valence-electron chi connectivity index (χ2n) is 6.92. The fraction of sp³-hybridized carbons (Fsp3) is 0.150. The number of rotatable bonds is 6. The summed E-state index contributed by atoms with van der Waals surface area (Å²) in [5, 5.41) is 5.98. The van der Waals surface area contributed by atoms with Gasteiger partial charge in [0.1, 0.15) is 6.04 Å². The van der Waals surface area contributed by atoms with Gasteiger partial charge in [0.05, 0.1) is 28.6 Å². The lowest BCUT2D eigenvalue weighted by molar-refractivity contribution is -0.153. The number of ketones is 1. The predicted molar refractivity (Wildman–Crippen MR) is 113 cm³/mol. The van der Waals surface area contributed by atoms with Gasteiger partial charge in [-0.25, -0.2) is 17.9 Å². The summed E-state index contributed by atoms with van der Waals surface area (Å²) in [6.07, 6.45) is -1.39. The second kappa shape index (κ2) is 8.11. The first-order valence-electron chi connectivity index (χ1n) is 9.10. The van der Waals surface area contributed by atoms with Gasteiger partial charge in [0.15, 0.2) is 5.65 Å². The number of nitrogens with zero attached hydrogens (tertiary/aromatic N) is 3. The summed E-state index contributed by atoms with van der Waals surface area (Å²) in [6.45, 7) is 0. The topological polar surface area (TPSA) is 93.4 Å². The minimum atomic E-state index is -4.85.